The number of rotatable bonds is 6. The van der Waals surface area contributed by atoms with Gasteiger partial charge in [-0.05, 0) is 13.3 Å². The summed E-state index contributed by atoms with van der Waals surface area (Å²) < 4.78 is 9.47. The summed E-state index contributed by atoms with van der Waals surface area (Å²) in [6, 6.07) is 0. The molecule has 4 heteroatoms. The van der Waals surface area contributed by atoms with E-state index in [4.69, 9.17) is 9.47 Å². The second kappa shape index (κ2) is 6.89. The molecule has 1 unspecified atom stereocenters. The fourth-order valence-electron chi connectivity index (χ4n) is 1.85. The Labute approximate surface area is 102 Å². The van der Waals surface area contributed by atoms with Crippen molar-refractivity contribution in [1.82, 2.24) is 0 Å². The average Bonchev–Trinajstić information content (AvgIpc) is 2.34. The Morgan fingerprint density at radius 3 is 2.06 bits per heavy atom. The van der Waals surface area contributed by atoms with Gasteiger partial charge < -0.3 is 9.47 Å². The molecule has 96 valence electrons. The number of allylic oxidation sites excluding steroid dienone is 3. The minimum absolute atomic E-state index is 0.178. The molecule has 0 aromatic heterocycles. The van der Waals surface area contributed by atoms with Crippen LogP contribution in [-0.2, 0) is 19.1 Å². The predicted octanol–water partition coefficient (Wildman–Crippen LogP) is 2.11. The van der Waals surface area contributed by atoms with Gasteiger partial charge in [0.05, 0.1) is 14.2 Å². The number of methoxy groups -OCH3 is 2. The van der Waals surface area contributed by atoms with Gasteiger partial charge in [0, 0.05) is 5.92 Å². The van der Waals surface area contributed by atoms with E-state index in [1.165, 1.54) is 20.3 Å². The quantitative estimate of drug-likeness (QED) is 0.405. The lowest BCUT2D eigenvalue weighted by Gasteiger charge is -2.31. The summed E-state index contributed by atoms with van der Waals surface area (Å²) in [6.45, 7) is 7.18. The van der Waals surface area contributed by atoms with Crippen molar-refractivity contribution in [3.63, 3.8) is 0 Å². The lowest BCUT2D eigenvalue weighted by atomic mass is 9.73. The first-order chi connectivity index (χ1) is 8.00. The Hall–Kier alpha value is -1.58. The van der Waals surface area contributed by atoms with Gasteiger partial charge in [-0.25, -0.2) is 0 Å². The monoisotopic (exact) mass is 240 g/mol. The lowest BCUT2D eigenvalue weighted by molar-refractivity contribution is -0.171. The molecule has 0 N–H and O–H groups in total. The highest BCUT2D eigenvalue weighted by Gasteiger charge is 2.50. The van der Waals surface area contributed by atoms with Crippen LogP contribution in [0.2, 0.25) is 0 Å². The number of hydrogen-bond donors (Lipinski definition) is 0. The van der Waals surface area contributed by atoms with Gasteiger partial charge in [0.25, 0.3) is 0 Å². The second-order valence-corrected chi connectivity index (χ2v) is 3.76. The maximum absolute atomic E-state index is 11.9. The zero-order chi connectivity index (χ0) is 13.5. The van der Waals surface area contributed by atoms with E-state index in [1.807, 2.05) is 6.92 Å². The summed E-state index contributed by atoms with van der Waals surface area (Å²) in [5, 5.41) is 0. The molecular formula is C13H20O4. The van der Waals surface area contributed by atoms with Crippen molar-refractivity contribution in [2.45, 2.75) is 20.3 Å². The normalized spacial score (nSPS) is 13.2. The van der Waals surface area contributed by atoms with Gasteiger partial charge >= 0.3 is 11.9 Å². The summed E-state index contributed by atoms with van der Waals surface area (Å²) in [6.07, 6.45) is 5.26. The van der Waals surface area contributed by atoms with Crippen LogP contribution < -0.4 is 0 Å². The molecule has 0 aliphatic carbocycles. The predicted molar refractivity (Wildman–Crippen MR) is 65.3 cm³/mol. The number of carbonyl (C=O) groups is 2. The van der Waals surface area contributed by atoms with Crippen LogP contribution >= 0.6 is 0 Å². The zero-order valence-electron chi connectivity index (χ0n) is 10.9. The Morgan fingerprint density at radius 1 is 1.29 bits per heavy atom. The van der Waals surface area contributed by atoms with Crippen LogP contribution in [-0.4, -0.2) is 26.2 Å². The van der Waals surface area contributed by atoms with Crippen LogP contribution in [0, 0.1) is 11.3 Å². The molecule has 17 heavy (non-hydrogen) atoms. The van der Waals surface area contributed by atoms with E-state index in [0.717, 1.165) is 0 Å². The van der Waals surface area contributed by atoms with E-state index < -0.39 is 17.4 Å². The smallest absolute Gasteiger partial charge is 0.324 e. The van der Waals surface area contributed by atoms with Crippen molar-refractivity contribution < 1.29 is 19.1 Å². The van der Waals surface area contributed by atoms with Crippen LogP contribution in [0.4, 0.5) is 0 Å². The maximum atomic E-state index is 11.9. The van der Waals surface area contributed by atoms with Gasteiger partial charge in [-0.3, -0.25) is 9.59 Å². The molecule has 0 rings (SSSR count). The molecule has 1 atom stereocenters. The van der Waals surface area contributed by atoms with Crippen molar-refractivity contribution in [1.29, 1.82) is 0 Å². The Balaban J connectivity index is 5.61. The van der Waals surface area contributed by atoms with Gasteiger partial charge in [0.15, 0.2) is 5.41 Å². The lowest BCUT2D eigenvalue weighted by Crippen LogP contribution is -2.45. The van der Waals surface area contributed by atoms with E-state index in [9.17, 15) is 9.59 Å². The molecule has 0 aromatic carbocycles. The Morgan fingerprint density at radius 2 is 1.76 bits per heavy atom. The number of carbonyl (C=O) groups excluding carboxylic acids is 2. The van der Waals surface area contributed by atoms with Gasteiger partial charge in [-0.1, -0.05) is 25.2 Å². The summed E-state index contributed by atoms with van der Waals surface area (Å²) in [4.78, 5) is 23.9. The van der Waals surface area contributed by atoms with Gasteiger partial charge in [0.1, 0.15) is 0 Å². The fourth-order valence-corrected chi connectivity index (χ4v) is 1.85. The van der Waals surface area contributed by atoms with Gasteiger partial charge in [0.2, 0.25) is 0 Å². The van der Waals surface area contributed by atoms with Crippen LogP contribution in [0.1, 0.15) is 20.3 Å². The zero-order valence-corrected chi connectivity index (χ0v) is 10.9. The third-order valence-corrected chi connectivity index (χ3v) is 2.82. The van der Waals surface area contributed by atoms with Crippen molar-refractivity contribution in [2.24, 2.45) is 11.3 Å². The SMILES string of the molecule is C=CCC(C(=O)OC)(C(=O)OC)C(C)/C=C/C. The molecule has 0 saturated heterocycles. The van der Waals surface area contributed by atoms with E-state index in [1.54, 1.807) is 19.1 Å². The molecule has 0 aromatic rings. The van der Waals surface area contributed by atoms with E-state index in [-0.39, 0.29) is 12.3 Å². The molecule has 0 saturated carbocycles. The molecule has 0 amide bonds. The highest BCUT2D eigenvalue weighted by molar-refractivity contribution is 6.00. The minimum Gasteiger partial charge on any atom is -0.468 e. The maximum Gasteiger partial charge on any atom is 0.324 e. The highest BCUT2D eigenvalue weighted by Crippen LogP contribution is 2.36. The van der Waals surface area contributed by atoms with Crippen molar-refractivity contribution in [3.05, 3.63) is 24.8 Å². The van der Waals surface area contributed by atoms with Gasteiger partial charge in [-0.2, -0.15) is 0 Å². The van der Waals surface area contributed by atoms with E-state index in [2.05, 4.69) is 6.58 Å². The third kappa shape index (κ3) is 2.96. The minimum atomic E-state index is -1.35. The molecule has 0 heterocycles. The first-order valence-corrected chi connectivity index (χ1v) is 5.41. The van der Waals surface area contributed by atoms with Gasteiger partial charge in [-0.15, -0.1) is 6.58 Å². The summed E-state index contributed by atoms with van der Waals surface area (Å²) in [5.41, 5.74) is -1.35. The third-order valence-electron chi connectivity index (χ3n) is 2.82. The summed E-state index contributed by atoms with van der Waals surface area (Å²) in [5.74, 6) is -1.53. The van der Waals surface area contributed by atoms with E-state index >= 15 is 0 Å². The van der Waals surface area contributed by atoms with Crippen LogP contribution in [0.25, 0.3) is 0 Å². The highest BCUT2D eigenvalue weighted by atomic mass is 16.5. The first-order valence-electron chi connectivity index (χ1n) is 5.41. The molecule has 4 nitrogen and oxygen atoms in total. The van der Waals surface area contributed by atoms with Crippen molar-refractivity contribution in [3.8, 4) is 0 Å². The molecule has 0 bridgehead atoms. The average molecular weight is 240 g/mol. The Kier molecular flexibility index (Phi) is 6.25. The molecule has 0 radical (unpaired) electrons. The largest absolute Gasteiger partial charge is 0.468 e. The summed E-state index contributed by atoms with van der Waals surface area (Å²) in [7, 11) is 2.51. The van der Waals surface area contributed by atoms with Crippen molar-refractivity contribution >= 4 is 11.9 Å². The number of hydrogen-bond acceptors (Lipinski definition) is 4. The molecular weight excluding hydrogens is 220 g/mol. The molecule has 0 spiro atoms. The standard InChI is InChI=1S/C13H20O4/c1-6-8-10(3)13(9-7-2,11(14)16-4)12(15)17-5/h6-8,10H,2,9H2,1,3-5H3/b8-6+. The summed E-state index contributed by atoms with van der Waals surface area (Å²) >= 11 is 0. The molecule has 0 aliphatic heterocycles. The molecule has 0 fully saturated rings. The van der Waals surface area contributed by atoms with Crippen LogP contribution in [0.5, 0.6) is 0 Å². The number of ether oxygens (including phenoxy) is 2. The van der Waals surface area contributed by atoms with Crippen LogP contribution in [0.15, 0.2) is 24.8 Å². The topological polar surface area (TPSA) is 52.6 Å². The first kappa shape index (κ1) is 15.4. The molecule has 0 aliphatic rings. The van der Waals surface area contributed by atoms with E-state index in [0.29, 0.717) is 0 Å². The second-order valence-electron chi connectivity index (χ2n) is 3.76. The Bertz CT molecular complexity index is 301. The number of esters is 2. The van der Waals surface area contributed by atoms with Crippen molar-refractivity contribution in [2.75, 3.05) is 14.2 Å². The van der Waals surface area contributed by atoms with Crippen LogP contribution in [0.3, 0.4) is 0 Å². The fraction of sp³-hybridized carbons (Fsp3) is 0.538.